The minimum absolute atomic E-state index is 0.0518. The largest absolute Gasteiger partial charge is 0.478 e. The number of aromatic nitrogens is 1. The SMILES string of the molecule is NCCCCCC(=O)Nc1cncc(C(=O)O)c1. The van der Waals surface area contributed by atoms with Crippen LogP contribution in [0.2, 0.25) is 0 Å². The first-order valence-corrected chi connectivity index (χ1v) is 5.81. The molecule has 0 aliphatic heterocycles. The van der Waals surface area contributed by atoms with E-state index in [1.54, 1.807) is 0 Å². The zero-order valence-corrected chi connectivity index (χ0v) is 10.1. The van der Waals surface area contributed by atoms with E-state index < -0.39 is 5.97 Å². The highest BCUT2D eigenvalue weighted by molar-refractivity contribution is 5.93. The molecule has 1 rings (SSSR count). The van der Waals surface area contributed by atoms with E-state index in [9.17, 15) is 9.59 Å². The second-order valence-electron chi connectivity index (χ2n) is 3.91. The fourth-order valence-electron chi connectivity index (χ4n) is 1.46. The van der Waals surface area contributed by atoms with Gasteiger partial charge in [0.2, 0.25) is 5.91 Å². The highest BCUT2D eigenvalue weighted by atomic mass is 16.4. The molecule has 1 aromatic heterocycles. The summed E-state index contributed by atoms with van der Waals surface area (Å²) < 4.78 is 0. The van der Waals surface area contributed by atoms with E-state index in [2.05, 4.69) is 10.3 Å². The molecule has 18 heavy (non-hydrogen) atoms. The first kappa shape index (κ1) is 14.1. The monoisotopic (exact) mass is 251 g/mol. The van der Waals surface area contributed by atoms with E-state index in [1.807, 2.05) is 0 Å². The van der Waals surface area contributed by atoms with Crippen molar-refractivity contribution in [2.24, 2.45) is 5.73 Å². The van der Waals surface area contributed by atoms with Crippen LogP contribution in [0.25, 0.3) is 0 Å². The normalized spacial score (nSPS) is 10.1. The Hall–Kier alpha value is -1.95. The predicted molar refractivity (Wildman–Crippen MR) is 67.3 cm³/mol. The molecular formula is C12H17N3O3. The number of anilines is 1. The van der Waals surface area contributed by atoms with Gasteiger partial charge in [0.1, 0.15) is 0 Å². The zero-order valence-electron chi connectivity index (χ0n) is 10.1. The van der Waals surface area contributed by atoms with E-state index in [4.69, 9.17) is 10.8 Å². The van der Waals surface area contributed by atoms with Gasteiger partial charge in [0.05, 0.1) is 17.4 Å². The minimum Gasteiger partial charge on any atom is -0.478 e. The Morgan fingerprint density at radius 1 is 1.28 bits per heavy atom. The van der Waals surface area contributed by atoms with Gasteiger partial charge in [0.25, 0.3) is 0 Å². The first-order valence-electron chi connectivity index (χ1n) is 5.81. The molecule has 1 amide bonds. The van der Waals surface area contributed by atoms with Crippen LogP contribution in [-0.4, -0.2) is 28.5 Å². The fourth-order valence-corrected chi connectivity index (χ4v) is 1.46. The van der Waals surface area contributed by atoms with Gasteiger partial charge in [-0.15, -0.1) is 0 Å². The number of carboxylic acids is 1. The molecule has 4 N–H and O–H groups in total. The topological polar surface area (TPSA) is 105 Å². The van der Waals surface area contributed by atoms with Crippen molar-refractivity contribution in [3.05, 3.63) is 24.0 Å². The van der Waals surface area contributed by atoms with Gasteiger partial charge in [-0.1, -0.05) is 6.42 Å². The lowest BCUT2D eigenvalue weighted by molar-refractivity contribution is -0.116. The maximum atomic E-state index is 11.5. The lowest BCUT2D eigenvalue weighted by Gasteiger charge is -2.05. The van der Waals surface area contributed by atoms with Crippen LogP contribution in [0, 0.1) is 0 Å². The average molecular weight is 251 g/mol. The van der Waals surface area contributed by atoms with Crippen LogP contribution in [-0.2, 0) is 4.79 Å². The lowest BCUT2D eigenvalue weighted by atomic mass is 10.2. The molecule has 0 bridgehead atoms. The number of rotatable bonds is 7. The highest BCUT2D eigenvalue weighted by Crippen LogP contribution is 2.09. The minimum atomic E-state index is -1.07. The second kappa shape index (κ2) is 7.39. The molecule has 0 atom stereocenters. The summed E-state index contributed by atoms with van der Waals surface area (Å²) >= 11 is 0. The molecular weight excluding hydrogens is 234 g/mol. The second-order valence-corrected chi connectivity index (χ2v) is 3.91. The van der Waals surface area contributed by atoms with Crippen molar-refractivity contribution in [3.8, 4) is 0 Å². The third-order valence-corrected chi connectivity index (χ3v) is 2.38. The van der Waals surface area contributed by atoms with Gasteiger partial charge < -0.3 is 16.2 Å². The van der Waals surface area contributed by atoms with E-state index in [1.165, 1.54) is 18.5 Å². The molecule has 6 nitrogen and oxygen atoms in total. The van der Waals surface area contributed by atoms with Crippen LogP contribution >= 0.6 is 0 Å². The molecule has 0 unspecified atom stereocenters. The van der Waals surface area contributed by atoms with Gasteiger partial charge in [-0.25, -0.2) is 4.79 Å². The first-order chi connectivity index (χ1) is 8.63. The smallest absolute Gasteiger partial charge is 0.337 e. The number of nitrogens with one attached hydrogen (secondary N) is 1. The molecule has 0 aliphatic carbocycles. The lowest BCUT2D eigenvalue weighted by Crippen LogP contribution is -2.12. The number of carboxylic acid groups (broad SMARTS) is 1. The number of carbonyl (C=O) groups is 2. The van der Waals surface area contributed by atoms with Crippen molar-refractivity contribution >= 4 is 17.6 Å². The molecule has 0 spiro atoms. The Kier molecular flexibility index (Phi) is 5.79. The van der Waals surface area contributed by atoms with Gasteiger partial charge >= 0.3 is 5.97 Å². The number of amides is 1. The van der Waals surface area contributed by atoms with Crippen LogP contribution in [0.15, 0.2) is 18.5 Å². The summed E-state index contributed by atoms with van der Waals surface area (Å²) in [7, 11) is 0. The summed E-state index contributed by atoms with van der Waals surface area (Å²) in [5, 5.41) is 11.4. The maximum Gasteiger partial charge on any atom is 0.337 e. The van der Waals surface area contributed by atoms with Gasteiger partial charge in [-0.2, -0.15) is 0 Å². The summed E-state index contributed by atoms with van der Waals surface area (Å²) in [5.41, 5.74) is 5.80. The van der Waals surface area contributed by atoms with Crippen LogP contribution in [0.4, 0.5) is 5.69 Å². The number of nitrogens with zero attached hydrogens (tertiary/aromatic N) is 1. The van der Waals surface area contributed by atoms with Crippen molar-refractivity contribution in [2.75, 3.05) is 11.9 Å². The molecule has 0 radical (unpaired) electrons. The van der Waals surface area contributed by atoms with Gasteiger partial charge in [-0.3, -0.25) is 9.78 Å². The van der Waals surface area contributed by atoms with Crippen molar-refractivity contribution in [1.29, 1.82) is 0 Å². The molecule has 1 heterocycles. The Morgan fingerprint density at radius 3 is 2.72 bits per heavy atom. The number of hydrogen-bond acceptors (Lipinski definition) is 4. The molecule has 0 fully saturated rings. The Balaban J connectivity index is 2.44. The number of pyridine rings is 1. The molecule has 6 heteroatoms. The molecule has 0 saturated heterocycles. The standard InChI is InChI=1S/C12H17N3O3/c13-5-3-1-2-4-11(16)15-10-6-9(12(17)18)7-14-8-10/h6-8H,1-5,13H2,(H,15,16)(H,17,18). The number of unbranched alkanes of at least 4 members (excludes halogenated alkanes) is 2. The van der Waals surface area contributed by atoms with Crippen LogP contribution in [0.5, 0.6) is 0 Å². The third-order valence-electron chi connectivity index (χ3n) is 2.38. The molecule has 0 aliphatic rings. The van der Waals surface area contributed by atoms with Crippen LogP contribution < -0.4 is 11.1 Å². The number of aromatic carboxylic acids is 1. The van der Waals surface area contributed by atoms with Gasteiger partial charge in [0, 0.05) is 12.6 Å². The molecule has 1 aromatic rings. The molecule has 0 saturated carbocycles. The third kappa shape index (κ3) is 4.92. The van der Waals surface area contributed by atoms with E-state index in [0.717, 1.165) is 19.3 Å². The van der Waals surface area contributed by atoms with Crippen molar-refractivity contribution < 1.29 is 14.7 Å². The number of hydrogen-bond donors (Lipinski definition) is 3. The van der Waals surface area contributed by atoms with E-state index >= 15 is 0 Å². The van der Waals surface area contributed by atoms with Crippen LogP contribution in [0.3, 0.4) is 0 Å². The summed E-state index contributed by atoms with van der Waals surface area (Å²) in [6.07, 6.45) is 5.65. The van der Waals surface area contributed by atoms with Crippen molar-refractivity contribution in [2.45, 2.75) is 25.7 Å². The van der Waals surface area contributed by atoms with Gasteiger partial charge in [-0.05, 0) is 25.5 Å². The highest BCUT2D eigenvalue weighted by Gasteiger charge is 2.06. The van der Waals surface area contributed by atoms with Gasteiger partial charge in [0.15, 0.2) is 0 Å². The van der Waals surface area contributed by atoms with E-state index in [-0.39, 0.29) is 11.5 Å². The summed E-state index contributed by atoms with van der Waals surface area (Å²) in [6, 6.07) is 1.38. The van der Waals surface area contributed by atoms with Crippen molar-refractivity contribution in [3.63, 3.8) is 0 Å². The fraction of sp³-hybridized carbons (Fsp3) is 0.417. The maximum absolute atomic E-state index is 11.5. The predicted octanol–water partition coefficient (Wildman–Crippen LogP) is 1.24. The number of carbonyl (C=O) groups excluding carboxylic acids is 1. The van der Waals surface area contributed by atoms with Crippen LogP contribution in [0.1, 0.15) is 36.0 Å². The Bertz CT molecular complexity index is 421. The summed E-state index contributed by atoms with van der Waals surface area (Å²) in [5.74, 6) is -1.21. The quantitative estimate of drug-likeness (QED) is 0.632. The summed E-state index contributed by atoms with van der Waals surface area (Å²) in [6.45, 7) is 0.631. The summed E-state index contributed by atoms with van der Waals surface area (Å²) in [4.78, 5) is 26.0. The Labute approximate surface area is 105 Å². The zero-order chi connectivity index (χ0) is 13.4. The van der Waals surface area contributed by atoms with E-state index in [0.29, 0.717) is 18.7 Å². The average Bonchev–Trinajstić information content (AvgIpc) is 2.35. The number of nitrogens with two attached hydrogens (primary N) is 1. The molecule has 98 valence electrons. The Morgan fingerprint density at radius 2 is 2.06 bits per heavy atom. The van der Waals surface area contributed by atoms with Crippen molar-refractivity contribution in [1.82, 2.24) is 4.98 Å². The molecule has 0 aromatic carbocycles.